The molecule has 1 aliphatic rings. The smallest absolute Gasteiger partial charge is 0.271 e. The molecular weight excluding hydrogens is 418 g/mol. The van der Waals surface area contributed by atoms with Crippen LogP contribution < -0.4 is 9.62 Å². The molecule has 2 aromatic carbocycles. The molecule has 8 heteroatoms. The van der Waals surface area contributed by atoms with E-state index in [0.717, 1.165) is 23.4 Å². The maximum Gasteiger partial charge on any atom is 0.271 e. The van der Waals surface area contributed by atoms with E-state index in [1.807, 2.05) is 24.1 Å². The fourth-order valence-electron chi connectivity index (χ4n) is 3.50. The van der Waals surface area contributed by atoms with Gasteiger partial charge in [-0.25, -0.2) is 8.42 Å². The number of amides is 1. The van der Waals surface area contributed by atoms with Crippen molar-refractivity contribution in [1.82, 2.24) is 4.90 Å². The van der Waals surface area contributed by atoms with Gasteiger partial charge < -0.3 is 9.80 Å². The second-order valence-electron chi connectivity index (χ2n) is 7.28. The molecule has 0 spiro atoms. The Labute approximate surface area is 180 Å². The van der Waals surface area contributed by atoms with Crippen LogP contribution in [0.15, 0.2) is 70.3 Å². The van der Waals surface area contributed by atoms with Gasteiger partial charge in [-0.1, -0.05) is 36.4 Å². The number of rotatable bonds is 5. The minimum absolute atomic E-state index is 0.0621. The summed E-state index contributed by atoms with van der Waals surface area (Å²) in [4.78, 5) is 17.0. The van der Waals surface area contributed by atoms with E-state index in [0.29, 0.717) is 18.8 Å². The molecule has 0 fully saturated rings. The predicted octanol–water partition coefficient (Wildman–Crippen LogP) is 3.57. The fraction of sp³-hybridized carbons (Fsp3) is 0.227. The Morgan fingerprint density at radius 3 is 2.53 bits per heavy atom. The molecule has 1 aliphatic heterocycles. The highest BCUT2D eigenvalue weighted by atomic mass is 32.2. The van der Waals surface area contributed by atoms with Gasteiger partial charge in [0.15, 0.2) is 0 Å². The first kappa shape index (κ1) is 20.4. The van der Waals surface area contributed by atoms with Gasteiger partial charge in [-0.05, 0) is 40.8 Å². The fourth-order valence-corrected chi connectivity index (χ4v) is 5.56. The van der Waals surface area contributed by atoms with Crippen molar-refractivity contribution >= 4 is 38.6 Å². The van der Waals surface area contributed by atoms with Gasteiger partial charge in [-0.15, -0.1) is 11.3 Å². The highest BCUT2D eigenvalue weighted by molar-refractivity contribution is 7.94. The molecule has 2 heterocycles. The Bertz CT molecular complexity index is 1130. The van der Waals surface area contributed by atoms with Crippen LogP contribution in [0, 0.1) is 0 Å². The van der Waals surface area contributed by atoms with Crippen molar-refractivity contribution in [2.75, 3.05) is 29.8 Å². The number of fused-ring (bicyclic) bond motifs is 1. The van der Waals surface area contributed by atoms with Gasteiger partial charge in [0.05, 0.1) is 6.42 Å². The summed E-state index contributed by atoms with van der Waals surface area (Å²) in [6, 6.07) is 18.4. The number of para-hydroxylation sites is 1. The SMILES string of the molecule is CN1CCN(C(=O)Cc2ccc(NS(=O)(=O)c3cccs3)cc2)Cc2ccccc21. The van der Waals surface area contributed by atoms with E-state index in [1.54, 1.807) is 41.8 Å². The molecule has 0 saturated carbocycles. The van der Waals surface area contributed by atoms with E-state index >= 15 is 0 Å². The average molecular weight is 442 g/mol. The Hall–Kier alpha value is -2.84. The molecule has 1 aromatic heterocycles. The molecule has 3 aromatic rings. The zero-order valence-corrected chi connectivity index (χ0v) is 18.2. The van der Waals surface area contributed by atoms with Crippen molar-refractivity contribution in [1.29, 1.82) is 0 Å². The number of nitrogens with one attached hydrogen (secondary N) is 1. The van der Waals surface area contributed by atoms with Crippen molar-refractivity contribution in [3.05, 3.63) is 77.2 Å². The third kappa shape index (κ3) is 4.49. The summed E-state index contributed by atoms with van der Waals surface area (Å²) >= 11 is 1.17. The van der Waals surface area contributed by atoms with Gasteiger partial charge in [0.25, 0.3) is 10.0 Å². The van der Waals surface area contributed by atoms with Crippen LogP contribution in [-0.2, 0) is 27.8 Å². The molecule has 0 saturated heterocycles. The van der Waals surface area contributed by atoms with Gasteiger partial charge in [0.2, 0.25) is 5.91 Å². The maximum absolute atomic E-state index is 12.9. The second-order valence-corrected chi connectivity index (χ2v) is 10.1. The number of likely N-dealkylation sites (N-methyl/N-ethyl adjacent to an activating group) is 1. The van der Waals surface area contributed by atoms with Crippen LogP contribution in [0.3, 0.4) is 0 Å². The quantitative estimate of drug-likeness (QED) is 0.657. The van der Waals surface area contributed by atoms with Crippen molar-refractivity contribution in [2.45, 2.75) is 17.2 Å². The largest absolute Gasteiger partial charge is 0.373 e. The number of hydrogen-bond acceptors (Lipinski definition) is 5. The van der Waals surface area contributed by atoms with Crippen LogP contribution >= 0.6 is 11.3 Å². The van der Waals surface area contributed by atoms with Crippen LogP contribution in [0.4, 0.5) is 11.4 Å². The van der Waals surface area contributed by atoms with Crippen molar-refractivity contribution in [3.8, 4) is 0 Å². The molecule has 4 rings (SSSR count). The molecule has 0 unspecified atom stereocenters. The molecule has 1 amide bonds. The molecule has 6 nitrogen and oxygen atoms in total. The van der Waals surface area contributed by atoms with Crippen molar-refractivity contribution in [2.24, 2.45) is 0 Å². The summed E-state index contributed by atoms with van der Waals surface area (Å²) in [5, 5.41) is 1.72. The molecule has 0 atom stereocenters. The molecule has 0 radical (unpaired) electrons. The van der Waals surface area contributed by atoms with E-state index < -0.39 is 10.0 Å². The molecule has 156 valence electrons. The number of nitrogens with zero attached hydrogens (tertiary/aromatic N) is 2. The number of carbonyl (C=O) groups is 1. The summed E-state index contributed by atoms with van der Waals surface area (Å²) < 4.78 is 27.5. The lowest BCUT2D eigenvalue weighted by Gasteiger charge is -2.21. The van der Waals surface area contributed by atoms with Gasteiger partial charge in [-0.3, -0.25) is 9.52 Å². The van der Waals surface area contributed by atoms with E-state index in [-0.39, 0.29) is 16.5 Å². The number of carbonyl (C=O) groups excluding carboxylic acids is 1. The second kappa shape index (κ2) is 8.49. The highest BCUT2D eigenvalue weighted by Crippen LogP contribution is 2.24. The van der Waals surface area contributed by atoms with E-state index in [1.165, 1.54) is 11.3 Å². The summed E-state index contributed by atoms with van der Waals surface area (Å²) in [6.07, 6.45) is 0.282. The van der Waals surface area contributed by atoms with Crippen LogP contribution in [-0.4, -0.2) is 39.4 Å². The minimum Gasteiger partial charge on any atom is -0.373 e. The zero-order chi connectivity index (χ0) is 21.1. The highest BCUT2D eigenvalue weighted by Gasteiger charge is 2.21. The number of anilines is 2. The average Bonchev–Trinajstić information content (AvgIpc) is 3.23. The van der Waals surface area contributed by atoms with Gasteiger partial charge in [-0.2, -0.15) is 0 Å². The van der Waals surface area contributed by atoms with Gasteiger partial charge in [0.1, 0.15) is 4.21 Å². The Kier molecular flexibility index (Phi) is 5.78. The van der Waals surface area contributed by atoms with Crippen molar-refractivity contribution in [3.63, 3.8) is 0 Å². The van der Waals surface area contributed by atoms with Crippen LogP contribution in [0.25, 0.3) is 0 Å². The standard InChI is InChI=1S/C22H23N3O3S2/c1-24-12-13-25(16-18-5-2-3-6-20(18)24)21(26)15-17-8-10-19(11-9-17)23-30(27,28)22-7-4-14-29-22/h2-11,14,23H,12-13,15-16H2,1H3. The van der Waals surface area contributed by atoms with Crippen molar-refractivity contribution < 1.29 is 13.2 Å². The van der Waals surface area contributed by atoms with Crippen LogP contribution in [0.2, 0.25) is 0 Å². The first-order valence-corrected chi connectivity index (χ1v) is 12.0. The lowest BCUT2D eigenvalue weighted by molar-refractivity contribution is -0.130. The third-order valence-electron chi connectivity index (χ3n) is 5.14. The minimum atomic E-state index is -3.57. The first-order chi connectivity index (χ1) is 14.4. The Balaban J connectivity index is 1.42. The number of benzene rings is 2. The number of hydrogen-bond donors (Lipinski definition) is 1. The molecule has 0 bridgehead atoms. The Morgan fingerprint density at radius 2 is 1.80 bits per heavy atom. The number of thiophene rings is 1. The molecule has 30 heavy (non-hydrogen) atoms. The normalized spacial score (nSPS) is 14.2. The van der Waals surface area contributed by atoms with Crippen LogP contribution in [0.1, 0.15) is 11.1 Å². The molecule has 0 aliphatic carbocycles. The topological polar surface area (TPSA) is 69.7 Å². The van der Waals surface area contributed by atoms with Gasteiger partial charge in [0, 0.05) is 38.1 Å². The summed E-state index contributed by atoms with van der Waals surface area (Å²) in [7, 11) is -1.53. The maximum atomic E-state index is 12.9. The van der Waals surface area contributed by atoms with E-state index in [2.05, 4.69) is 21.8 Å². The summed E-state index contributed by atoms with van der Waals surface area (Å²) in [6.45, 7) is 2.05. The zero-order valence-electron chi connectivity index (χ0n) is 16.6. The predicted molar refractivity (Wildman–Crippen MR) is 120 cm³/mol. The van der Waals surface area contributed by atoms with Crippen LogP contribution in [0.5, 0.6) is 0 Å². The molecular formula is C22H23N3O3S2. The summed E-state index contributed by atoms with van der Waals surface area (Å²) in [5.41, 5.74) is 3.63. The van der Waals surface area contributed by atoms with E-state index in [9.17, 15) is 13.2 Å². The first-order valence-electron chi connectivity index (χ1n) is 9.64. The van der Waals surface area contributed by atoms with E-state index in [4.69, 9.17) is 0 Å². The van der Waals surface area contributed by atoms with Gasteiger partial charge >= 0.3 is 0 Å². The lowest BCUT2D eigenvalue weighted by atomic mass is 10.1. The Morgan fingerprint density at radius 1 is 1.03 bits per heavy atom. The molecule has 1 N–H and O–H groups in total. The number of sulfonamides is 1. The summed E-state index contributed by atoms with van der Waals surface area (Å²) in [5.74, 6) is 0.0621. The third-order valence-corrected chi connectivity index (χ3v) is 7.92. The monoisotopic (exact) mass is 441 g/mol. The lowest BCUT2D eigenvalue weighted by Crippen LogP contribution is -2.35.